The number of ether oxygens (including phenoxy) is 1. The molecule has 2 N–H and O–H groups in total. The van der Waals surface area contributed by atoms with E-state index in [1.807, 2.05) is 6.08 Å². The van der Waals surface area contributed by atoms with Crippen LogP contribution >= 0.6 is 0 Å². The van der Waals surface area contributed by atoms with E-state index in [4.69, 9.17) is 4.74 Å². The summed E-state index contributed by atoms with van der Waals surface area (Å²) in [6.45, 7) is 0.722. The molecular weight excluding hydrogens is 306 g/mol. The van der Waals surface area contributed by atoms with E-state index in [0.717, 1.165) is 24.3 Å². The van der Waals surface area contributed by atoms with E-state index in [1.54, 1.807) is 6.08 Å². The largest absolute Gasteiger partial charge is 0.481 e. The maximum absolute atomic E-state index is 12.8. The number of carboxylic acid groups (broad SMARTS) is 1. The van der Waals surface area contributed by atoms with Gasteiger partial charge in [-0.25, -0.2) is 0 Å². The predicted molar refractivity (Wildman–Crippen MR) is 86.0 cm³/mol. The summed E-state index contributed by atoms with van der Waals surface area (Å²) in [5.41, 5.74) is 0.275. The van der Waals surface area contributed by atoms with Crippen molar-refractivity contribution in [2.45, 2.75) is 50.7 Å². The molecule has 4 saturated carbocycles. The highest BCUT2D eigenvalue weighted by molar-refractivity contribution is 5.87. The van der Waals surface area contributed by atoms with Crippen molar-refractivity contribution in [3.63, 3.8) is 0 Å². The first-order valence-electron chi connectivity index (χ1n) is 9.37. The van der Waals surface area contributed by atoms with Gasteiger partial charge >= 0.3 is 5.97 Å². The number of nitrogens with one attached hydrogen (secondary N) is 1. The number of hydrogen-bond donors (Lipinski definition) is 2. The molecule has 24 heavy (non-hydrogen) atoms. The fourth-order valence-corrected chi connectivity index (χ4v) is 6.81. The lowest BCUT2D eigenvalue weighted by atomic mass is 9.49. The SMILES string of the molecule is O=C(O)[C@@H]1[C@H](C(=O)NCC23CC4CC(CC(C4)C2)C3)[C@H]2C=C[C@H]1O2. The van der Waals surface area contributed by atoms with Gasteiger partial charge in [-0.3, -0.25) is 9.59 Å². The minimum absolute atomic E-state index is 0.130. The molecule has 2 heterocycles. The number of carboxylic acids is 1. The molecule has 0 radical (unpaired) electrons. The molecule has 6 rings (SSSR count). The van der Waals surface area contributed by atoms with Crippen LogP contribution in [0.5, 0.6) is 0 Å². The van der Waals surface area contributed by atoms with Crippen molar-refractivity contribution in [2.24, 2.45) is 35.0 Å². The highest BCUT2D eigenvalue weighted by atomic mass is 16.5. The molecule has 4 aliphatic carbocycles. The summed E-state index contributed by atoms with van der Waals surface area (Å²) in [4.78, 5) is 24.3. The van der Waals surface area contributed by atoms with Gasteiger partial charge in [0, 0.05) is 6.54 Å². The van der Waals surface area contributed by atoms with Gasteiger partial charge in [0.2, 0.25) is 5.91 Å². The van der Waals surface area contributed by atoms with Gasteiger partial charge in [-0.15, -0.1) is 0 Å². The molecule has 0 aromatic rings. The van der Waals surface area contributed by atoms with Crippen molar-refractivity contribution < 1.29 is 19.4 Å². The number of hydrogen-bond acceptors (Lipinski definition) is 3. The Hall–Kier alpha value is -1.36. The first kappa shape index (κ1) is 14.9. The second-order valence-corrected chi connectivity index (χ2v) is 8.98. The Labute approximate surface area is 141 Å². The molecule has 0 unspecified atom stereocenters. The highest BCUT2D eigenvalue weighted by Gasteiger charge is 2.54. The lowest BCUT2D eigenvalue weighted by Crippen LogP contribution is -2.52. The van der Waals surface area contributed by atoms with Crippen LogP contribution in [0.15, 0.2) is 12.2 Å². The van der Waals surface area contributed by atoms with E-state index in [9.17, 15) is 14.7 Å². The first-order chi connectivity index (χ1) is 11.5. The molecule has 2 aliphatic heterocycles. The summed E-state index contributed by atoms with van der Waals surface area (Å²) in [6.07, 6.45) is 10.7. The van der Waals surface area contributed by atoms with Crippen molar-refractivity contribution in [1.29, 1.82) is 0 Å². The minimum atomic E-state index is -0.929. The molecule has 0 aromatic carbocycles. The van der Waals surface area contributed by atoms with Crippen molar-refractivity contribution in [2.75, 3.05) is 6.54 Å². The third kappa shape index (κ3) is 2.17. The van der Waals surface area contributed by atoms with Crippen LogP contribution in [0.1, 0.15) is 38.5 Å². The summed E-state index contributed by atoms with van der Waals surface area (Å²) in [5, 5.41) is 12.6. The van der Waals surface area contributed by atoms with Crippen LogP contribution in [0.4, 0.5) is 0 Å². The van der Waals surface area contributed by atoms with Crippen LogP contribution in [0, 0.1) is 35.0 Å². The van der Waals surface area contributed by atoms with Gasteiger partial charge in [0.05, 0.1) is 18.1 Å². The Kier molecular flexibility index (Phi) is 3.16. The van der Waals surface area contributed by atoms with Crippen molar-refractivity contribution in [1.82, 2.24) is 5.32 Å². The van der Waals surface area contributed by atoms with Crippen molar-refractivity contribution in [3.8, 4) is 0 Å². The number of aliphatic carboxylic acids is 1. The van der Waals surface area contributed by atoms with Crippen LogP contribution in [0.25, 0.3) is 0 Å². The third-order valence-corrected chi connectivity index (χ3v) is 7.29. The van der Waals surface area contributed by atoms with Crippen molar-refractivity contribution >= 4 is 11.9 Å². The molecule has 6 bridgehead atoms. The second-order valence-electron chi connectivity index (χ2n) is 8.98. The van der Waals surface area contributed by atoms with Crippen LogP contribution in [-0.4, -0.2) is 35.7 Å². The van der Waals surface area contributed by atoms with Gasteiger partial charge in [0.25, 0.3) is 0 Å². The highest BCUT2D eigenvalue weighted by Crippen LogP contribution is 2.59. The molecule has 5 nitrogen and oxygen atoms in total. The molecule has 1 saturated heterocycles. The van der Waals surface area contributed by atoms with E-state index in [1.165, 1.54) is 38.5 Å². The van der Waals surface area contributed by atoms with E-state index < -0.39 is 23.9 Å². The normalized spacial score (nSPS) is 50.4. The molecule has 0 aromatic heterocycles. The summed E-state index contributed by atoms with van der Waals surface area (Å²) < 4.78 is 5.62. The Morgan fingerprint density at radius 1 is 1.00 bits per heavy atom. The molecular formula is C19H25NO4. The van der Waals surface area contributed by atoms with Gasteiger partial charge in [-0.1, -0.05) is 12.2 Å². The van der Waals surface area contributed by atoms with E-state index in [2.05, 4.69) is 5.32 Å². The number of carbonyl (C=O) groups excluding carboxylic acids is 1. The number of amides is 1. The Morgan fingerprint density at radius 3 is 2.08 bits per heavy atom. The van der Waals surface area contributed by atoms with E-state index >= 15 is 0 Å². The molecule has 0 spiro atoms. The van der Waals surface area contributed by atoms with Gasteiger partial charge < -0.3 is 15.2 Å². The van der Waals surface area contributed by atoms with Crippen molar-refractivity contribution in [3.05, 3.63) is 12.2 Å². The average molecular weight is 331 g/mol. The molecule has 4 atom stereocenters. The standard InChI is InChI=1S/C19H25NO4/c21-17(15-13-1-2-14(24-13)16(15)18(22)23)20-9-19-6-10-3-11(7-19)5-12(4-10)8-19/h1-2,10-16H,3-9H2,(H,20,21)(H,22,23)/t10?,11?,12?,13-,14-,15-,16+,19?/m1/s1. The average Bonchev–Trinajstić information content (AvgIpc) is 3.12. The smallest absolute Gasteiger partial charge is 0.310 e. The van der Waals surface area contributed by atoms with Gasteiger partial charge in [0.1, 0.15) is 5.92 Å². The Morgan fingerprint density at radius 2 is 1.54 bits per heavy atom. The molecule has 6 aliphatic rings. The van der Waals surface area contributed by atoms with E-state index in [0.29, 0.717) is 0 Å². The van der Waals surface area contributed by atoms with E-state index in [-0.39, 0.29) is 17.4 Å². The summed E-state index contributed by atoms with van der Waals surface area (Å²) in [7, 11) is 0. The molecule has 130 valence electrons. The fraction of sp³-hybridized carbons (Fsp3) is 0.789. The molecule has 5 heteroatoms. The third-order valence-electron chi connectivity index (χ3n) is 7.29. The Balaban J connectivity index is 1.28. The summed E-state index contributed by atoms with van der Waals surface area (Å²) in [6, 6.07) is 0. The second kappa shape index (κ2) is 5.07. The van der Waals surface area contributed by atoms with Crippen LogP contribution in [-0.2, 0) is 14.3 Å². The first-order valence-corrected chi connectivity index (χ1v) is 9.37. The maximum atomic E-state index is 12.8. The molecule has 1 amide bonds. The van der Waals surface area contributed by atoms with Gasteiger partial charge in [-0.2, -0.15) is 0 Å². The van der Waals surface area contributed by atoms with Gasteiger partial charge in [-0.05, 0) is 61.7 Å². The lowest BCUT2D eigenvalue weighted by molar-refractivity contribution is -0.147. The zero-order valence-electron chi connectivity index (χ0n) is 13.8. The van der Waals surface area contributed by atoms with Crippen LogP contribution < -0.4 is 5.32 Å². The summed E-state index contributed by atoms with van der Waals surface area (Å²) >= 11 is 0. The topological polar surface area (TPSA) is 75.6 Å². The lowest BCUT2D eigenvalue weighted by Gasteiger charge is -2.57. The van der Waals surface area contributed by atoms with Crippen LogP contribution in [0.3, 0.4) is 0 Å². The monoisotopic (exact) mass is 331 g/mol. The minimum Gasteiger partial charge on any atom is -0.481 e. The fourth-order valence-electron chi connectivity index (χ4n) is 6.81. The number of rotatable bonds is 4. The zero-order chi connectivity index (χ0) is 16.5. The maximum Gasteiger partial charge on any atom is 0.310 e. The zero-order valence-corrected chi connectivity index (χ0v) is 13.8. The summed E-state index contributed by atoms with van der Waals surface area (Å²) in [5.74, 6) is 0.190. The van der Waals surface area contributed by atoms with Gasteiger partial charge in [0.15, 0.2) is 0 Å². The van der Waals surface area contributed by atoms with Crippen LogP contribution in [0.2, 0.25) is 0 Å². The molecule has 5 fully saturated rings. The number of carbonyl (C=O) groups is 2. The number of fused-ring (bicyclic) bond motifs is 2. The quantitative estimate of drug-likeness (QED) is 0.772. The Bertz CT molecular complexity index is 577. The predicted octanol–water partition coefficient (Wildman–Crippen LogP) is 1.97.